The van der Waals surface area contributed by atoms with Gasteiger partial charge in [-0.1, -0.05) is 12.1 Å². The molecule has 2 aromatic heterocycles. The molecule has 9 heteroatoms. The minimum absolute atomic E-state index is 0.635. The lowest BCUT2D eigenvalue weighted by molar-refractivity contribution is 0.233. The molecule has 0 spiro atoms. The number of nitrogens with zero attached hydrogens (tertiary/aromatic N) is 5. The lowest BCUT2D eigenvalue weighted by Gasteiger charge is -2.32. The van der Waals surface area contributed by atoms with Gasteiger partial charge in [0.1, 0.15) is 12.3 Å². The Labute approximate surface area is 205 Å². The maximum absolute atomic E-state index is 5.69. The second-order valence-corrected chi connectivity index (χ2v) is 9.41. The highest BCUT2D eigenvalue weighted by Gasteiger charge is 2.24. The summed E-state index contributed by atoms with van der Waals surface area (Å²) in [6.07, 6.45) is 4.80. The lowest BCUT2D eigenvalue weighted by atomic mass is 10.0. The Morgan fingerprint density at radius 3 is 2.74 bits per heavy atom. The quantitative estimate of drug-likeness (QED) is 0.518. The molecule has 0 aliphatic carbocycles. The van der Waals surface area contributed by atoms with Crippen molar-refractivity contribution in [1.29, 1.82) is 0 Å². The van der Waals surface area contributed by atoms with Gasteiger partial charge in [0, 0.05) is 63.3 Å². The smallest absolute Gasteiger partial charge is 0.237 e. The first-order valence-corrected chi connectivity index (χ1v) is 12.5. The molecule has 35 heavy (non-hydrogen) atoms. The van der Waals surface area contributed by atoms with Crippen molar-refractivity contribution < 1.29 is 4.74 Å². The van der Waals surface area contributed by atoms with Gasteiger partial charge in [0.25, 0.3) is 0 Å². The SMILES string of the molecule is Cc1c(N2CCc3cnc(Nc4ccc(CN5CCNCC5)cc4)nc3C2)cnc2c1NCCO2. The third-order valence-corrected chi connectivity index (χ3v) is 7.03. The minimum atomic E-state index is 0.635. The van der Waals surface area contributed by atoms with Crippen LogP contribution in [0.5, 0.6) is 5.88 Å². The summed E-state index contributed by atoms with van der Waals surface area (Å²) in [4.78, 5) is 18.8. The number of pyridine rings is 1. The Hall–Kier alpha value is -3.43. The molecule has 0 amide bonds. The molecule has 0 unspecified atom stereocenters. The molecule has 3 aliphatic heterocycles. The molecule has 1 saturated heterocycles. The largest absolute Gasteiger partial charge is 0.474 e. The fourth-order valence-corrected chi connectivity index (χ4v) is 5.05. The van der Waals surface area contributed by atoms with Gasteiger partial charge in [-0.15, -0.1) is 0 Å². The van der Waals surface area contributed by atoms with Gasteiger partial charge in [-0.3, -0.25) is 4.90 Å². The molecule has 6 rings (SSSR count). The Morgan fingerprint density at radius 2 is 1.89 bits per heavy atom. The number of hydrogen-bond acceptors (Lipinski definition) is 9. The van der Waals surface area contributed by atoms with Crippen LogP contribution in [0.25, 0.3) is 0 Å². The van der Waals surface area contributed by atoms with Gasteiger partial charge in [-0.2, -0.15) is 0 Å². The van der Waals surface area contributed by atoms with E-state index in [9.17, 15) is 0 Å². The highest BCUT2D eigenvalue weighted by molar-refractivity contribution is 5.70. The fraction of sp³-hybridized carbons (Fsp3) is 0.423. The highest BCUT2D eigenvalue weighted by atomic mass is 16.5. The van der Waals surface area contributed by atoms with E-state index in [0.29, 0.717) is 18.4 Å². The number of ether oxygens (including phenoxy) is 1. The summed E-state index contributed by atoms with van der Waals surface area (Å²) >= 11 is 0. The van der Waals surface area contributed by atoms with Crippen LogP contribution in [-0.4, -0.2) is 65.7 Å². The molecule has 3 aromatic rings. The van der Waals surface area contributed by atoms with Gasteiger partial charge < -0.3 is 25.6 Å². The Morgan fingerprint density at radius 1 is 1.03 bits per heavy atom. The van der Waals surface area contributed by atoms with E-state index in [4.69, 9.17) is 9.72 Å². The third-order valence-electron chi connectivity index (χ3n) is 7.03. The number of anilines is 4. The first-order chi connectivity index (χ1) is 17.2. The van der Waals surface area contributed by atoms with Crippen molar-refractivity contribution in [2.24, 2.45) is 0 Å². The summed E-state index contributed by atoms with van der Waals surface area (Å²) in [7, 11) is 0. The number of benzene rings is 1. The lowest BCUT2D eigenvalue weighted by Crippen LogP contribution is -2.42. The van der Waals surface area contributed by atoms with E-state index in [0.717, 1.165) is 81.5 Å². The average molecular weight is 473 g/mol. The van der Waals surface area contributed by atoms with Gasteiger partial charge in [-0.25, -0.2) is 15.0 Å². The number of piperazine rings is 1. The molecule has 3 N–H and O–H groups in total. The van der Waals surface area contributed by atoms with Crippen molar-refractivity contribution in [3.63, 3.8) is 0 Å². The molecular formula is C26H32N8O. The summed E-state index contributed by atoms with van der Waals surface area (Å²) in [6, 6.07) is 8.61. The zero-order chi connectivity index (χ0) is 23.6. The van der Waals surface area contributed by atoms with Gasteiger partial charge in [0.05, 0.1) is 24.1 Å². The van der Waals surface area contributed by atoms with Gasteiger partial charge in [0.2, 0.25) is 11.8 Å². The maximum atomic E-state index is 5.69. The number of nitrogens with one attached hydrogen (secondary N) is 3. The first kappa shape index (κ1) is 22.1. The molecule has 9 nitrogen and oxygen atoms in total. The van der Waals surface area contributed by atoms with Crippen molar-refractivity contribution in [3.05, 3.63) is 59.0 Å². The minimum Gasteiger partial charge on any atom is -0.474 e. The molecule has 1 fully saturated rings. The van der Waals surface area contributed by atoms with E-state index in [1.807, 2.05) is 12.4 Å². The molecule has 0 radical (unpaired) electrons. The Kier molecular flexibility index (Phi) is 6.10. The van der Waals surface area contributed by atoms with Crippen LogP contribution >= 0.6 is 0 Å². The highest BCUT2D eigenvalue weighted by Crippen LogP contribution is 2.36. The number of hydrogen-bond donors (Lipinski definition) is 3. The van der Waals surface area contributed by atoms with Gasteiger partial charge in [0.15, 0.2) is 0 Å². The molecule has 0 bridgehead atoms. The molecule has 182 valence electrons. The van der Waals surface area contributed by atoms with E-state index < -0.39 is 0 Å². The van der Waals surface area contributed by atoms with Crippen molar-refractivity contribution in [1.82, 2.24) is 25.2 Å². The summed E-state index contributed by atoms with van der Waals surface area (Å²) in [5.74, 6) is 1.33. The molecule has 3 aliphatic rings. The van der Waals surface area contributed by atoms with E-state index in [2.05, 4.69) is 66.9 Å². The normalized spacial score (nSPS) is 17.7. The predicted octanol–water partition coefficient (Wildman–Crippen LogP) is 2.70. The van der Waals surface area contributed by atoms with Crippen LogP contribution in [-0.2, 0) is 19.5 Å². The van der Waals surface area contributed by atoms with Crippen LogP contribution in [0.4, 0.5) is 23.0 Å². The third kappa shape index (κ3) is 4.74. The van der Waals surface area contributed by atoms with Crippen molar-refractivity contribution in [2.45, 2.75) is 26.4 Å². The second kappa shape index (κ2) is 9.67. The predicted molar refractivity (Wildman–Crippen MR) is 138 cm³/mol. The number of fused-ring (bicyclic) bond motifs is 2. The Bertz CT molecular complexity index is 1190. The zero-order valence-corrected chi connectivity index (χ0v) is 20.2. The first-order valence-electron chi connectivity index (χ1n) is 12.5. The van der Waals surface area contributed by atoms with Crippen LogP contribution in [0.2, 0.25) is 0 Å². The Balaban J connectivity index is 1.14. The summed E-state index contributed by atoms with van der Waals surface area (Å²) < 4.78 is 5.69. The topological polar surface area (TPSA) is 90.5 Å². The number of aromatic nitrogens is 3. The number of rotatable bonds is 5. The van der Waals surface area contributed by atoms with Crippen LogP contribution in [0, 0.1) is 6.92 Å². The molecular weight excluding hydrogens is 440 g/mol. The van der Waals surface area contributed by atoms with Crippen molar-refractivity contribution in [2.75, 3.05) is 61.4 Å². The zero-order valence-electron chi connectivity index (χ0n) is 20.2. The van der Waals surface area contributed by atoms with Crippen LogP contribution in [0.3, 0.4) is 0 Å². The summed E-state index contributed by atoms with van der Waals surface area (Å²) in [5, 5.41) is 10.2. The second-order valence-electron chi connectivity index (χ2n) is 9.41. The standard InChI is InChI=1S/C26H32N8O/c1-18-23(15-29-25-24(18)28-9-13-35-25)34-10-6-20-14-30-26(32-22(20)17-34)31-21-4-2-19(3-5-21)16-33-11-7-27-8-12-33/h2-5,14-15,27-28H,6-13,16-17H2,1H3,(H,30,31,32). The summed E-state index contributed by atoms with van der Waals surface area (Å²) in [6.45, 7) is 10.6. The van der Waals surface area contributed by atoms with E-state index in [1.165, 1.54) is 16.7 Å². The van der Waals surface area contributed by atoms with Crippen LogP contribution in [0.15, 0.2) is 36.7 Å². The molecule has 0 saturated carbocycles. The summed E-state index contributed by atoms with van der Waals surface area (Å²) in [5.41, 5.74) is 7.90. The van der Waals surface area contributed by atoms with Crippen LogP contribution < -0.4 is 25.6 Å². The molecule has 1 aromatic carbocycles. The van der Waals surface area contributed by atoms with Gasteiger partial charge >= 0.3 is 0 Å². The monoisotopic (exact) mass is 472 g/mol. The van der Waals surface area contributed by atoms with E-state index in [1.54, 1.807) is 0 Å². The van der Waals surface area contributed by atoms with Crippen LogP contribution in [0.1, 0.15) is 22.4 Å². The average Bonchev–Trinajstić information content (AvgIpc) is 2.90. The maximum Gasteiger partial charge on any atom is 0.237 e. The fourth-order valence-electron chi connectivity index (χ4n) is 5.05. The van der Waals surface area contributed by atoms with E-state index >= 15 is 0 Å². The molecule has 5 heterocycles. The van der Waals surface area contributed by atoms with Crippen molar-refractivity contribution in [3.8, 4) is 5.88 Å². The van der Waals surface area contributed by atoms with Gasteiger partial charge in [-0.05, 0) is 36.6 Å². The van der Waals surface area contributed by atoms with Crippen molar-refractivity contribution >= 4 is 23.0 Å². The molecule has 0 atom stereocenters. The van der Waals surface area contributed by atoms with E-state index in [-0.39, 0.29) is 0 Å².